The number of hydrogen-bond donors (Lipinski definition) is 1. The van der Waals surface area contributed by atoms with Crippen molar-refractivity contribution in [2.45, 2.75) is 6.04 Å². The first-order valence-corrected chi connectivity index (χ1v) is 6.68. The maximum atomic E-state index is 13.9. The molecule has 1 atom stereocenters. The van der Waals surface area contributed by atoms with E-state index in [2.05, 4.69) is 27.3 Å². The summed E-state index contributed by atoms with van der Waals surface area (Å²) in [4.78, 5) is 0. The van der Waals surface area contributed by atoms with Crippen molar-refractivity contribution >= 4 is 21.6 Å². The van der Waals surface area contributed by atoms with Gasteiger partial charge < -0.3 is 10.1 Å². The van der Waals surface area contributed by atoms with Crippen LogP contribution in [0.3, 0.4) is 0 Å². The fourth-order valence-electron chi connectivity index (χ4n) is 1.79. The largest absolute Gasteiger partial charge is 0.497 e. The normalized spacial score (nSPS) is 11.5. The minimum Gasteiger partial charge on any atom is -0.497 e. The van der Waals surface area contributed by atoms with Crippen LogP contribution in [0, 0.1) is 17.1 Å². The number of methoxy groups -OCH3 is 1. The zero-order chi connectivity index (χ0) is 14.5. The van der Waals surface area contributed by atoms with Gasteiger partial charge in [-0.3, -0.25) is 0 Å². The van der Waals surface area contributed by atoms with E-state index in [0.717, 1.165) is 0 Å². The summed E-state index contributed by atoms with van der Waals surface area (Å²) in [6.45, 7) is 0. The molecule has 20 heavy (non-hydrogen) atoms. The predicted molar refractivity (Wildman–Crippen MR) is 79.1 cm³/mol. The first-order valence-electron chi connectivity index (χ1n) is 5.89. The summed E-state index contributed by atoms with van der Waals surface area (Å²) in [5.74, 6) is 0.240. The standard InChI is InChI=1S/C15H12BrFN2O/c1-20-12-4-2-3-11(8-12)19-15(9-18)13-6-5-10(16)7-14(13)17/h2-8,15,19H,1H3. The van der Waals surface area contributed by atoms with Crippen LogP contribution < -0.4 is 10.1 Å². The molecule has 0 saturated carbocycles. The summed E-state index contributed by atoms with van der Waals surface area (Å²) in [5, 5.41) is 12.2. The van der Waals surface area contributed by atoms with Crippen molar-refractivity contribution in [2.75, 3.05) is 12.4 Å². The molecule has 1 N–H and O–H groups in total. The Morgan fingerprint density at radius 3 is 2.75 bits per heavy atom. The Balaban J connectivity index is 2.27. The van der Waals surface area contributed by atoms with Gasteiger partial charge >= 0.3 is 0 Å². The van der Waals surface area contributed by atoms with Gasteiger partial charge in [0.15, 0.2) is 0 Å². The first-order chi connectivity index (χ1) is 9.63. The van der Waals surface area contributed by atoms with Gasteiger partial charge in [-0.1, -0.05) is 28.1 Å². The van der Waals surface area contributed by atoms with Gasteiger partial charge in [0.1, 0.15) is 17.6 Å². The van der Waals surface area contributed by atoms with Gasteiger partial charge in [0, 0.05) is 21.8 Å². The zero-order valence-electron chi connectivity index (χ0n) is 10.7. The Hall–Kier alpha value is -2.06. The van der Waals surface area contributed by atoms with Crippen molar-refractivity contribution in [1.29, 1.82) is 5.26 Å². The average Bonchev–Trinajstić information content (AvgIpc) is 2.45. The Bertz CT molecular complexity index is 655. The molecule has 0 radical (unpaired) electrons. The lowest BCUT2D eigenvalue weighted by atomic mass is 10.1. The number of benzene rings is 2. The molecular formula is C15H12BrFN2O. The minimum absolute atomic E-state index is 0.304. The molecule has 0 bridgehead atoms. The number of nitrogens with one attached hydrogen (secondary N) is 1. The number of nitrogens with zero attached hydrogens (tertiary/aromatic N) is 1. The highest BCUT2D eigenvalue weighted by Gasteiger charge is 2.15. The molecule has 3 nitrogen and oxygen atoms in total. The molecule has 0 amide bonds. The van der Waals surface area contributed by atoms with Crippen molar-refractivity contribution in [1.82, 2.24) is 0 Å². The van der Waals surface area contributed by atoms with Crippen molar-refractivity contribution in [3.05, 3.63) is 58.3 Å². The molecule has 2 aromatic carbocycles. The van der Waals surface area contributed by atoms with Crippen LogP contribution >= 0.6 is 15.9 Å². The highest BCUT2D eigenvalue weighted by molar-refractivity contribution is 9.10. The predicted octanol–water partition coefficient (Wildman–Crippen LogP) is 4.27. The molecule has 0 aliphatic carbocycles. The summed E-state index contributed by atoms with van der Waals surface area (Å²) in [6.07, 6.45) is 0. The first kappa shape index (κ1) is 14.4. The lowest BCUT2D eigenvalue weighted by molar-refractivity contribution is 0.415. The van der Waals surface area contributed by atoms with E-state index in [4.69, 9.17) is 4.74 Å². The van der Waals surface area contributed by atoms with Crippen LogP contribution in [0.1, 0.15) is 11.6 Å². The topological polar surface area (TPSA) is 45.0 Å². The van der Waals surface area contributed by atoms with E-state index in [0.29, 0.717) is 21.5 Å². The van der Waals surface area contributed by atoms with Gasteiger partial charge in [-0.2, -0.15) is 5.26 Å². The molecule has 102 valence electrons. The maximum absolute atomic E-state index is 13.9. The average molecular weight is 335 g/mol. The second-order valence-electron chi connectivity index (χ2n) is 4.10. The van der Waals surface area contributed by atoms with Gasteiger partial charge in [-0.25, -0.2) is 4.39 Å². The number of ether oxygens (including phenoxy) is 1. The molecule has 0 aromatic heterocycles. The number of rotatable bonds is 4. The van der Waals surface area contributed by atoms with Crippen molar-refractivity contribution in [2.24, 2.45) is 0 Å². The van der Waals surface area contributed by atoms with Crippen molar-refractivity contribution in [3.8, 4) is 11.8 Å². The van der Waals surface area contributed by atoms with Crippen molar-refractivity contribution in [3.63, 3.8) is 0 Å². The maximum Gasteiger partial charge on any atom is 0.143 e. The van der Waals surface area contributed by atoms with E-state index in [1.165, 1.54) is 6.07 Å². The highest BCUT2D eigenvalue weighted by atomic mass is 79.9. The summed E-state index contributed by atoms with van der Waals surface area (Å²) < 4.78 is 19.6. The molecule has 0 aliphatic rings. The summed E-state index contributed by atoms with van der Waals surface area (Å²) in [5.41, 5.74) is 0.997. The Morgan fingerprint density at radius 1 is 1.30 bits per heavy atom. The summed E-state index contributed by atoms with van der Waals surface area (Å²) >= 11 is 3.19. The molecule has 2 rings (SSSR count). The number of anilines is 1. The van der Waals surface area contributed by atoms with Gasteiger partial charge in [0.2, 0.25) is 0 Å². The molecule has 1 unspecified atom stereocenters. The van der Waals surface area contributed by atoms with Crippen LogP contribution in [-0.4, -0.2) is 7.11 Å². The summed E-state index contributed by atoms with van der Waals surface area (Å²) in [7, 11) is 1.56. The van der Waals surface area contributed by atoms with Crippen LogP contribution in [0.4, 0.5) is 10.1 Å². The second kappa shape index (κ2) is 6.40. The Kier molecular flexibility index (Phi) is 4.59. The molecular weight excluding hydrogens is 323 g/mol. The fourth-order valence-corrected chi connectivity index (χ4v) is 2.13. The van der Waals surface area contributed by atoms with Gasteiger partial charge in [0.25, 0.3) is 0 Å². The number of halogens is 2. The third-order valence-electron chi connectivity index (χ3n) is 2.78. The van der Waals surface area contributed by atoms with Crippen LogP contribution in [-0.2, 0) is 0 Å². The number of hydrogen-bond acceptors (Lipinski definition) is 3. The van der Waals surface area contributed by atoms with Gasteiger partial charge in [-0.05, 0) is 24.3 Å². The Morgan fingerprint density at radius 2 is 2.10 bits per heavy atom. The zero-order valence-corrected chi connectivity index (χ0v) is 12.3. The lowest BCUT2D eigenvalue weighted by Gasteiger charge is -2.15. The monoisotopic (exact) mass is 334 g/mol. The third-order valence-corrected chi connectivity index (χ3v) is 3.28. The molecule has 0 spiro atoms. The molecule has 2 aromatic rings. The fraction of sp³-hybridized carbons (Fsp3) is 0.133. The molecule has 5 heteroatoms. The van der Waals surface area contributed by atoms with E-state index in [-0.39, 0.29) is 0 Å². The third kappa shape index (κ3) is 3.28. The van der Waals surface area contributed by atoms with Gasteiger partial charge in [-0.15, -0.1) is 0 Å². The second-order valence-corrected chi connectivity index (χ2v) is 5.02. The van der Waals surface area contributed by atoms with Crippen LogP contribution in [0.2, 0.25) is 0 Å². The van der Waals surface area contributed by atoms with E-state index < -0.39 is 11.9 Å². The van der Waals surface area contributed by atoms with Crippen LogP contribution in [0.15, 0.2) is 46.9 Å². The van der Waals surface area contributed by atoms with E-state index in [1.54, 1.807) is 43.5 Å². The SMILES string of the molecule is COc1cccc(NC(C#N)c2ccc(Br)cc2F)c1. The molecule has 0 saturated heterocycles. The van der Waals surface area contributed by atoms with Gasteiger partial charge in [0.05, 0.1) is 13.2 Å². The molecule has 0 aliphatic heterocycles. The minimum atomic E-state index is -0.768. The van der Waals surface area contributed by atoms with E-state index >= 15 is 0 Å². The Labute approximate surface area is 125 Å². The molecule has 0 fully saturated rings. The highest BCUT2D eigenvalue weighted by Crippen LogP contribution is 2.25. The van der Waals surface area contributed by atoms with E-state index in [1.807, 2.05) is 0 Å². The molecule has 0 heterocycles. The lowest BCUT2D eigenvalue weighted by Crippen LogP contribution is -2.10. The quantitative estimate of drug-likeness (QED) is 0.907. The summed E-state index contributed by atoms with van der Waals surface area (Å²) in [6, 6.07) is 13.1. The van der Waals surface area contributed by atoms with Crippen LogP contribution in [0.5, 0.6) is 5.75 Å². The smallest absolute Gasteiger partial charge is 0.143 e. The number of nitriles is 1. The van der Waals surface area contributed by atoms with Crippen LogP contribution in [0.25, 0.3) is 0 Å². The van der Waals surface area contributed by atoms with E-state index in [9.17, 15) is 9.65 Å². The van der Waals surface area contributed by atoms with Crippen molar-refractivity contribution < 1.29 is 9.13 Å².